The van der Waals surface area contributed by atoms with Gasteiger partial charge in [-0.1, -0.05) is 19.4 Å². The number of unbranched alkanes of at least 4 members (excludes halogenated alkanes) is 1. The number of nitrogens with zero attached hydrogens (tertiary/aromatic N) is 1. The van der Waals surface area contributed by atoms with Crippen LogP contribution in [0.1, 0.15) is 26.7 Å². The van der Waals surface area contributed by atoms with E-state index in [2.05, 4.69) is 17.6 Å². The van der Waals surface area contributed by atoms with Crippen molar-refractivity contribution in [3.05, 3.63) is 35.4 Å². The van der Waals surface area contributed by atoms with E-state index in [9.17, 15) is 9.59 Å². The molecule has 5 nitrogen and oxygen atoms in total. The second-order valence-electron chi connectivity index (χ2n) is 4.73. The third-order valence-electron chi connectivity index (χ3n) is 3.22. The van der Waals surface area contributed by atoms with Gasteiger partial charge in [-0.15, -0.1) is 0 Å². The minimum atomic E-state index is -0.528. The quantitative estimate of drug-likeness (QED) is 0.745. The molecule has 19 heavy (non-hydrogen) atoms. The standard InChI is InChI=1S/C14H19N3O2/c1-3-4-8-17-9-11(18)14(19)16-13(17)12-10(2)6-5-7-15-12/h5-7,15H,3-4,8-9H2,1-2H3,(H,16,19). The van der Waals surface area contributed by atoms with Gasteiger partial charge in [0, 0.05) is 12.7 Å². The first-order valence-corrected chi connectivity index (χ1v) is 6.57. The number of nitrogens with one attached hydrogen (secondary N) is 2. The average Bonchev–Trinajstić information content (AvgIpc) is 2.40. The predicted octanol–water partition coefficient (Wildman–Crippen LogP) is 1.02. The van der Waals surface area contributed by atoms with E-state index in [0.717, 1.165) is 30.7 Å². The topological polar surface area (TPSA) is 61.4 Å². The van der Waals surface area contributed by atoms with Gasteiger partial charge in [-0.05, 0) is 25.0 Å². The predicted molar refractivity (Wildman–Crippen MR) is 72.7 cm³/mol. The van der Waals surface area contributed by atoms with Crippen LogP contribution in [0.3, 0.4) is 0 Å². The Balaban J connectivity index is 2.30. The number of carbonyl (C=O) groups excluding carboxylic acids is 2. The van der Waals surface area contributed by atoms with Gasteiger partial charge < -0.3 is 15.5 Å². The van der Waals surface area contributed by atoms with Gasteiger partial charge in [0.15, 0.2) is 0 Å². The van der Waals surface area contributed by atoms with Crippen LogP contribution in [0.5, 0.6) is 0 Å². The van der Waals surface area contributed by atoms with Crippen molar-refractivity contribution in [3.8, 4) is 0 Å². The Morgan fingerprint density at radius 3 is 2.84 bits per heavy atom. The van der Waals surface area contributed by atoms with Crippen LogP contribution in [0, 0.1) is 0 Å². The molecule has 1 fully saturated rings. The maximum absolute atomic E-state index is 11.6. The smallest absolute Gasteiger partial charge is 0.294 e. The Kier molecular flexibility index (Phi) is 4.04. The molecular formula is C14H19N3O2. The van der Waals surface area contributed by atoms with Gasteiger partial charge in [-0.25, -0.2) is 0 Å². The Morgan fingerprint density at radius 2 is 2.16 bits per heavy atom. The van der Waals surface area contributed by atoms with Crippen LogP contribution in [0.15, 0.2) is 35.4 Å². The third kappa shape index (κ3) is 2.86. The number of hydrogen-bond acceptors (Lipinski definition) is 4. The molecule has 2 aliphatic heterocycles. The van der Waals surface area contributed by atoms with Gasteiger partial charge in [0.2, 0.25) is 5.78 Å². The first-order valence-electron chi connectivity index (χ1n) is 6.57. The van der Waals surface area contributed by atoms with E-state index in [1.54, 1.807) is 0 Å². The normalized spacial score (nSPS) is 23.1. The Hall–Kier alpha value is -2.04. The van der Waals surface area contributed by atoms with Gasteiger partial charge in [-0.3, -0.25) is 9.59 Å². The summed E-state index contributed by atoms with van der Waals surface area (Å²) in [5, 5.41) is 5.85. The van der Waals surface area contributed by atoms with Crippen LogP contribution < -0.4 is 10.6 Å². The highest BCUT2D eigenvalue weighted by atomic mass is 16.2. The first-order chi connectivity index (χ1) is 9.13. The molecule has 0 spiro atoms. The van der Waals surface area contributed by atoms with Crippen LogP contribution in [-0.2, 0) is 9.59 Å². The molecule has 2 N–H and O–H groups in total. The fourth-order valence-corrected chi connectivity index (χ4v) is 2.12. The third-order valence-corrected chi connectivity index (χ3v) is 3.22. The number of hydrogen-bond donors (Lipinski definition) is 2. The summed E-state index contributed by atoms with van der Waals surface area (Å²) in [5.74, 6) is -0.205. The second kappa shape index (κ2) is 5.73. The van der Waals surface area contributed by atoms with Gasteiger partial charge in [-0.2, -0.15) is 0 Å². The van der Waals surface area contributed by atoms with Crippen molar-refractivity contribution in [1.82, 2.24) is 15.5 Å². The summed E-state index contributed by atoms with van der Waals surface area (Å²) < 4.78 is 0. The van der Waals surface area contributed by atoms with Crippen LogP contribution in [-0.4, -0.2) is 29.7 Å². The molecule has 0 atom stereocenters. The molecule has 0 aromatic rings. The van der Waals surface area contributed by atoms with Gasteiger partial charge >= 0.3 is 0 Å². The molecule has 0 unspecified atom stereocenters. The Morgan fingerprint density at radius 1 is 1.37 bits per heavy atom. The van der Waals surface area contributed by atoms with Crippen LogP contribution in [0.2, 0.25) is 0 Å². The van der Waals surface area contributed by atoms with E-state index in [4.69, 9.17) is 0 Å². The lowest BCUT2D eigenvalue weighted by Crippen LogP contribution is -2.51. The molecule has 102 valence electrons. The van der Waals surface area contributed by atoms with Crippen molar-refractivity contribution in [2.24, 2.45) is 0 Å². The van der Waals surface area contributed by atoms with Crippen molar-refractivity contribution in [1.29, 1.82) is 0 Å². The van der Waals surface area contributed by atoms with Crippen molar-refractivity contribution >= 4 is 11.7 Å². The lowest BCUT2D eigenvalue weighted by Gasteiger charge is -2.33. The molecule has 2 heterocycles. The minimum Gasteiger partial charge on any atom is -0.359 e. The number of carbonyl (C=O) groups is 2. The zero-order chi connectivity index (χ0) is 13.8. The van der Waals surface area contributed by atoms with Crippen molar-refractivity contribution in [2.45, 2.75) is 26.7 Å². The van der Waals surface area contributed by atoms with Gasteiger partial charge in [0.05, 0.1) is 12.2 Å². The number of allylic oxidation sites excluding steroid dienone is 3. The molecular weight excluding hydrogens is 242 g/mol. The fraction of sp³-hybridized carbons (Fsp3) is 0.429. The van der Waals surface area contributed by atoms with E-state index in [1.807, 2.05) is 30.2 Å². The highest BCUT2D eigenvalue weighted by Gasteiger charge is 2.29. The average molecular weight is 261 g/mol. The summed E-state index contributed by atoms with van der Waals surface area (Å²) in [6.45, 7) is 4.99. The van der Waals surface area contributed by atoms with E-state index in [1.165, 1.54) is 0 Å². The van der Waals surface area contributed by atoms with Gasteiger partial charge in [0.1, 0.15) is 5.82 Å². The van der Waals surface area contributed by atoms with E-state index < -0.39 is 5.91 Å². The Bertz CT molecular complexity index is 489. The molecule has 0 bridgehead atoms. The Labute approximate surface area is 113 Å². The largest absolute Gasteiger partial charge is 0.359 e. The van der Waals surface area contributed by atoms with Crippen LogP contribution in [0.4, 0.5) is 0 Å². The monoisotopic (exact) mass is 261 g/mol. The molecule has 2 rings (SSSR count). The molecule has 0 saturated carbocycles. The summed E-state index contributed by atoms with van der Waals surface area (Å²) in [6.07, 6.45) is 7.73. The maximum atomic E-state index is 11.6. The molecule has 0 aromatic carbocycles. The number of rotatable bonds is 3. The fourth-order valence-electron chi connectivity index (χ4n) is 2.12. The summed E-state index contributed by atoms with van der Waals surface area (Å²) in [5.41, 5.74) is 1.90. The molecule has 0 aromatic heterocycles. The van der Waals surface area contributed by atoms with Gasteiger partial charge in [0.25, 0.3) is 5.91 Å². The highest BCUT2D eigenvalue weighted by molar-refractivity contribution is 6.38. The summed E-state index contributed by atoms with van der Waals surface area (Å²) in [4.78, 5) is 25.1. The maximum Gasteiger partial charge on any atom is 0.294 e. The zero-order valence-corrected chi connectivity index (χ0v) is 11.3. The zero-order valence-electron chi connectivity index (χ0n) is 11.3. The highest BCUT2D eigenvalue weighted by Crippen LogP contribution is 2.19. The number of ketones is 1. The molecule has 2 aliphatic rings. The molecule has 0 radical (unpaired) electrons. The van der Waals surface area contributed by atoms with E-state index >= 15 is 0 Å². The molecule has 1 amide bonds. The lowest BCUT2D eigenvalue weighted by molar-refractivity contribution is -0.140. The SMILES string of the molecule is CCCCN1CC(=O)C(=O)NC1=C1NC=CC=C1C. The van der Waals surface area contributed by atoms with Crippen LogP contribution >= 0.6 is 0 Å². The summed E-state index contributed by atoms with van der Waals surface area (Å²) in [6, 6.07) is 0. The number of Topliss-reactive ketones (excluding diaryl/α,β-unsaturated/α-hetero) is 1. The lowest BCUT2D eigenvalue weighted by atomic mass is 10.1. The minimum absolute atomic E-state index is 0.156. The van der Waals surface area contributed by atoms with Crippen LogP contribution in [0.25, 0.3) is 0 Å². The summed E-state index contributed by atoms with van der Waals surface area (Å²) >= 11 is 0. The molecule has 0 aliphatic carbocycles. The molecule has 5 heteroatoms. The van der Waals surface area contributed by atoms with Crippen molar-refractivity contribution < 1.29 is 9.59 Å². The molecule has 1 saturated heterocycles. The number of dihydropyridines is 1. The van der Waals surface area contributed by atoms with Crippen molar-refractivity contribution in [2.75, 3.05) is 13.1 Å². The summed E-state index contributed by atoms with van der Waals surface area (Å²) in [7, 11) is 0. The number of amides is 1. The van der Waals surface area contributed by atoms with E-state index in [-0.39, 0.29) is 12.3 Å². The van der Waals surface area contributed by atoms with Crippen molar-refractivity contribution in [3.63, 3.8) is 0 Å². The second-order valence-corrected chi connectivity index (χ2v) is 4.73. The van der Waals surface area contributed by atoms with E-state index in [0.29, 0.717) is 5.82 Å². The first kappa shape index (κ1) is 13.4.